The van der Waals surface area contributed by atoms with Crippen molar-refractivity contribution in [3.8, 4) is 5.75 Å². The maximum Gasteiger partial charge on any atom is 0.341 e. The Morgan fingerprint density at radius 3 is 2.47 bits per heavy atom. The Hall–Kier alpha value is -2.04. The molecular formula is C12H15NO4. The molecule has 0 heterocycles. The average Bonchev–Trinajstić information content (AvgIpc) is 2.27. The summed E-state index contributed by atoms with van der Waals surface area (Å²) in [5.74, 6) is -1.37. The summed E-state index contributed by atoms with van der Waals surface area (Å²) in [5, 5.41) is 11.7. The number of hydrogen-bond acceptors (Lipinski definition) is 3. The van der Waals surface area contributed by atoms with Crippen LogP contribution in [0, 0.1) is 5.92 Å². The summed E-state index contributed by atoms with van der Waals surface area (Å²) in [4.78, 5) is 22.7. The molecule has 92 valence electrons. The summed E-state index contributed by atoms with van der Waals surface area (Å²) in [7, 11) is 1.38. The number of ether oxygens (including phenoxy) is 1. The molecule has 0 aliphatic carbocycles. The molecule has 0 fully saturated rings. The van der Waals surface area contributed by atoms with Crippen molar-refractivity contribution >= 4 is 17.6 Å². The molecule has 2 N–H and O–H groups in total. The van der Waals surface area contributed by atoms with Gasteiger partial charge in [-0.2, -0.15) is 0 Å². The molecule has 17 heavy (non-hydrogen) atoms. The number of anilines is 1. The van der Waals surface area contributed by atoms with Gasteiger partial charge in [0, 0.05) is 5.92 Å². The Balaban J connectivity index is 3.15. The normalized spacial score (nSPS) is 10.1. The molecule has 1 aromatic rings. The number of amides is 1. The zero-order valence-corrected chi connectivity index (χ0v) is 9.98. The molecule has 0 saturated carbocycles. The number of carboxylic acid groups (broad SMARTS) is 1. The monoisotopic (exact) mass is 237 g/mol. The number of nitrogens with one attached hydrogen (secondary N) is 1. The van der Waals surface area contributed by atoms with Gasteiger partial charge >= 0.3 is 5.97 Å². The van der Waals surface area contributed by atoms with Crippen molar-refractivity contribution in [1.82, 2.24) is 0 Å². The third-order valence-corrected chi connectivity index (χ3v) is 2.24. The standard InChI is InChI=1S/C12H15NO4/c1-7(2)11(14)13-8-5-4-6-9(17-3)10(8)12(15)16/h4-7H,1-3H3,(H,13,14)(H,15,16). The number of carboxylic acids is 1. The van der Waals surface area contributed by atoms with Crippen LogP contribution in [0.3, 0.4) is 0 Å². The van der Waals surface area contributed by atoms with Gasteiger partial charge in [0.05, 0.1) is 12.8 Å². The van der Waals surface area contributed by atoms with Gasteiger partial charge in [0.25, 0.3) is 0 Å². The van der Waals surface area contributed by atoms with Gasteiger partial charge in [0.15, 0.2) is 0 Å². The third-order valence-electron chi connectivity index (χ3n) is 2.24. The number of aromatic carboxylic acids is 1. The molecule has 0 spiro atoms. The molecule has 0 aliphatic heterocycles. The van der Waals surface area contributed by atoms with Crippen LogP contribution in [0.15, 0.2) is 18.2 Å². The maximum atomic E-state index is 11.5. The third kappa shape index (κ3) is 2.96. The van der Waals surface area contributed by atoms with Crippen molar-refractivity contribution in [2.45, 2.75) is 13.8 Å². The SMILES string of the molecule is COc1cccc(NC(=O)C(C)C)c1C(=O)O. The lowest BCUT2D eigenvalue weighted by molar-refractivity contribution is -0.118. The van der Waals surface area contributed by atoms with Gasteiger partial charge in [-0.1, -0.05) is 19.9 Å². The van der Waals surface area contributed by atoms with Crippen LogP contribution in [0.5, 0.6) is 5.75 Å². The van der Waals surface area contributed by atoms with Crippen LogP contribution in [0.25, 0.3) is 0 Å². The van der Waals surface area contributed by atoms with E-state index in [-0.39, 0.29) is 28.8 Å². The van der Waals surface area contributed by atoms with Gasteiger partial charge in [-0.05, 0) is 12.1 Å². The highest BCUT2D eigenvalue weighted by Gasteiger charge is 2.18. The van der Waals surface area contributed by atoms with E-state index >= 15 is 0 Å². The number of benzene rings is 1. The lowest BCUT2D eigenvalue weighted by Gasteiger charge is -2.12. The molecule has 0 bridgehead atoms. The summed E-state index contributed by atoms with van der Waals surface area (Å²) in [6, 6.07) is 4.70. The molecule has 1 rings (SSSR count). The number of carbonyl (C=O) groups is 2. The minimum absolute atomic E-state index is 0.0380. The van der Waals surface area contributed by atoms with Crippen molar-refractivity contribution < 1.29 is 19.4 Å². The highest BCUT2D eigenvalue weighted by Crippen LogP contribution is 2.26. The van der Waals surface area contributed by atoms with Gasteiger partial charge in [0.1, 0.15) is 11.3 Å². The predicted octanol–water partition coefficient (Wildman–Crippen LogP) is 1.99. The Morgan fingerprint density at radius 2 is 2.00 bits per heavy atom. The topological polar surface area (TPSA) is 75.6 Å². The summed E-state index contributed by atoms with van der Waals surface area (Å²) in [6.07, 6.45) is 0. The number of carbonyl (C=O) groups excluding carboxylic acids is 1. The Bertz CT molecular complexity index is 440. The Kier molecular flexibility index (Phi) is 4.09. The smallest absolute Gasteiger partial charge is 0.341 e. The quantitative estimate of drug-likeness (QED) is 0.839. The molecule has 0 saturated heterocycles. The minimum Gasteiger partial charge on any atom is -0.496 e. The molecule has 0 aliphatic rings. The average molecular weight is 237 g/mol. The highest BCUT2D eigenvalue weighted by molar-refractivity contribution is 6.02. The second-order valence-corrected chi connectivity index (χ2v) is 3.83. The second-order valence-electron chi connectivity index (χ2n) is 3.83. The highest BCUT2D eigenvalue weighted by atomic mass is 16.5. The van der Waals surface area contributed by atoms with Crippen LogP contribution in [-0.2, 0) is 4.79 Å². The van der Waals surface area contributed by atoms with E-state index in [9.17, 15) is 9.59 Å². The van der Waals surface area contributed by atoms with E-state index < -0.39 is 5.97 Å². The first-order valence-corrected chi connectivity index (χ1v) is 5.18. The van der Waals surface area contributed by atoms with E-state index in [0.29, 0.717) is 0 Å². The van der Waals surface area contributed by atoms with Gasteiger partial charge in [-0.25, -0.2) is 4.79 Å². The summed E-state index contributed by atoms with van der Waals surface area (Å²) in [6.45, 7) is 3.46. The van der Waals surface area contributed by atoms with Crippen LogP contribution in [-0.4, -0.2) is 24.1 Å². The largest absolute Gasteiger partial charge is 0.496 e. The molecule has 0 aromatic heterocycles. The number of rotatable bonds is 4. The van der Waals surface area contributed by atoms with Gasteiger partial charge < -0.3 is 15.2 Å². The van der Waals surface area contributed by atoms with E-state index in [1.165, 1.54) is 19.2 Å². The van der Waals surface area contributed by atoms with Crippen LogP contribution in [0.4, 0.5) is 5.69 Å². The van der Waals surface area contributed by atoms with Crippen LogP contribution < -0.4 is 10.1 Å². The Labute approximate surface area is 99.4 Å². The molecule has 1 amide bonds. The molecule has 0 unspecified atom stereocenters. The van der Waals surface area contributed by atoms with Crippen LogP contribution >= 0.6 is 0 Å². The summed E-state index contributed by atoms with van der Waals surface area (Å²) >= 11 is 0. The first-order valence-electron chi connectivity index (χ1n) is 5.18. The lowest BCUT2D eigenvalue weighted by Crippen LogP contribution is -2.19. The zero-order chi connectivity index (χ0) is 13.0. The van der Waals surface area contributed by atoms with E-state index in [4.69, 9.17) is 9.84 Å². The Morgan fingerprint density at radius 1 is 1.35 bits per heavy atom. The van der Waals surface area contributed by atoms with E-state index in [1.54, 1.807) is 19.9 Å². The fourth-order valence-electron chi connectivity index (χ4n) is 1.30. The molecule has 1 aromatic carbocycles. The maximum absolute atomic E-state index is 11.5. The van der Waals surface area contributed by atoms with Crippen molar-refractivity contribution in [3.63, 3.8) is 0 Å². The fourth-order valence-corrected chi connectivity index (χ4v) is 1.30. The number of methoxy groups -OCH3 is 1. The van der Waals surface area contributed by atoms with Crippen molar-refractivity contribution in [2.75, 3.05) is 12.4 Å². The van der Waals surface area contributed by atoms with Gasteiger partial charge in [0.2, 0.25) is 5.91 Å². The van der Waals surface area contributed by atoms with E-state index in [1.807, 2.05) is 0 Å². The second kappa shape index (κ2) is 5.34. The van der Waals surface area contributed by atoms with E-state index in [2.05, 4.69) is 5.32 Å². The molecule has 0 atom stereocenters. The molecule has 0 radical (unpaired) electrons. The molecular weight excluding hydrogens is 222 g/mol. The first-order chi connectivity index (χ1) is 7.97. The summed E-state index contributed by atoms with van der Waals surface area (Å²) < 4.78 is 4.96. The predicted molar refractivity (Wildman–Crippen MR) is 63.4 cm³/mol. The van der Waals surface area contributed by atoms with Crippen LogP contribution in [0.2, 0.25) is 0 Å². The van der Waals surface area contributed by atoms with Crippen molar-refractivity contribution in [1.29, 1.82) is 0 Å². The molecule has 5 heteroatoms. The molecule has 5 nitrogen and oxygen atoms in total. The lowest BCUT2D eigenvalue weighted by atomic mass is 10.1. The van der Waals surface area contributed by atoms with Crippen LogP contribution in [0.1, 0.15) is 24.2 Å². The first kappa shape index (κ1) is 13.0. The zero-order valence-electron chi connectivity index (χ0n) is 9.98. The minimum atomic E-state index is -1.14. The fraction of sp³-hybridized carbons (Fsp3) is 0.333. The van der Waals surface area contributed by atoms with Gasteiger partial charge in [-0.15, -0.1) is 0 Å². The van der Waals surface area contributed by atoms with Crippen molar-refractivity contribution in [2.24, 2.45) is 5.92 Å². The number of hydrogen-bond donors (Lipinski definition) is 2. The van der Waals surface area contributed by atoms with Crippen molar-refractivity contribution in [3.05, 3.63) is 23.8 Å². The summed E-state index contributed by atoms with van der Waals surface area (Å²) in [5.41, 5.74) is 0.208. The van der Waals surface area contributed by atoms with E-state index in [0.717, 1.165) is 0 Å². The van der Waals surface area contributed by atoms with Gasteiger partial charge in [-0.3, -0.25) is 4.79 Å².